The predicted octanol–water partition coefficient (Wildman–Crippen LogP) is 0.627. The Kier molecular flexibility index (Phi) is 3.43. The zero-order valence-electron chi connectivity index (χ0n) is 10.9. The third-order valence-corrected chi connectivity index (χ3v) is 3.55. The van der Waals surface area contributed by atoms with Crippen molar-refractivity contribution in [3.63, 3.8) is 0 Å². The van der Waals surface area contributed by atoms with E-state index in [4.69, 9.17) is 11.5 Å². The van der Waals surface area contributed by atoms with Gasteiger partial charge in [-0.25, -0.2) is 0 Å². The van der Waals surface area contributed by atoms with Crippen LogP contribution < -0.4 is 11.5 Å². The molecule has 1 atom stereocenters. The maximum atomic E-state index is 12.4. The van der Waals surface area contributed by atoms with Crippen molar-refractivity contribution >= 4 is 17.3 Å². The summed E-state index contributed by atoms with van der Waals surface area (Å²) >= 11 is 0. The molecule has 0 spiro atoms. The molecule has 1 aromatic rings. The Morgan fingerprint density at radius 1 is 1.33 bits per heavy atom. The molecule has 1 unspecified atom stereocenters. The number of hydrogen-bond donors (Lipinski definition) is 2. The first-order valence-corrected chi connectivity index (χ1v) is 6.13. The number of nitrogens with two attached hydrogens (primary N) is 2. The van der Waals surface area contributed by atoms with Crippen molar-refractivity contribution in [3.05, 3.63) is 23.8 Å². The molecule has 98 valence electrons. The van der Waals surface area contributed by atoms with E-state index in [9.17, 15) is 4.79 Å². The normalized spacial score (nSPS) is 21.0. The molecule has 0 aromatic heterocycles. The van der Waals surface area contributed by atoms with E-state index in [1.54, 1.807) is 18.2 Å². The van der Waals surface area contributed by atoms with Crippen molar-refractivity contribution in [2.45, 2.75) is 13.0 Å². The number of anilines is 2. The fraction of sp³-hybridized carbons (Fsp3) is 0.462. The third kappa shape index (κ3) is 2.41. The molecule has 2 rings (SSSR count). The Morgan fingerprint density at radius 2 is 2.06 bits per heavy atom. The molecule has 1 saturated heterocycles. The van der Waals surface area contributed by atoms with Crippen LogP contribution in [0.25, 0.3) is 0 Å². The number of nitrogen functional groups attached to an aromatic ring is 2. The van der Waals surface area contributed by atoms with Crippen molar-refractivity contribution in [2.75, 3.05) is 38.1 Å². The van der Waals surface area contributed by atoms with Crippen LogP contribution >= 0.6 is 0 Å². The van der Waals surface area contributed by atoms with Crippen LogP contribution in [-0.4, -0.2) is 48.4 Å². The quantitative estimate of drug-likeness (QED) is 0.715. The number of benzene rings is 1. The molecule has 1 fully saturated rings. The van der Waals surface area contributed by atoms with Crippen LogP contribution in [0, 0.1) is 0 Å². The Labute approximate surface area is 107 Å². The fourth-order valence-electron chi connectivity index (χ4n) is 2.18. The summed E-state index contributed by atoms with van der Waals surface area (Å²) in [5.41, 5.74) is 13.1. The summed E-state index contributed by atoms with van der Waals surface area (Å²) in [5.74, 6) is -0.00699. The minimum atomic E-state index is -0.00699. The van der Waals surface area contributed by atoms with Gasteiger partial charge >= 0.3 is 0 Å². The number of carbonyl (C=O) groups is 1. The molecule has 0 bridgehead atoms. The Balaban J connectivity index is 2.16. The minimum Gasteiger partial charge on any atom is -0.399 e. The van der Waals surface area contributed by atoms with Gasteiger partial charge in [-0.2, -0.15) is 0 Å². The van der Waals surface area contributed by atoms with E-state index in [0.717, 1.165) is 19.6 Å². The lowest BCUT2D eigenvalue weighted by atomic mass is 10.1. The highest BCUT2D eigenvalue weighted by Gasteiger charge is 2.25. The molecule has 18 heavy (non-hydrogen) atoms. The van der Waals surface area contributed by atoms with Gasteiger partial charge in [0.1, 0.15) is 0 Å². The molecule has 0 radical (unpaired) electrons. The van der Waals surface area contributed by atoms with Crippen LogP contribution in [0.15, 0.2) is 18.2 Å². The second kappa shape index (κ2) is 4.86. The van der Waals surface area contributed by atoms with Crippen LogP contribution in [0.4, 0.5) is 11.4 Å². The fourth-order valence-corrected chi connectivity index (χ4v) is 2.18. The molecular formula is C13H20N4O. The molecule has 1 aliphatic heterocycles. The standard InChI is InChI=1S/C13H20N4O/c1-9-8-17(6-5-16(9)2)13(18)11-4-3-10(14)7-12(11)15/h3-4,7,9H,5-6,8,14-15H2,1-2H3. The minimum absolute atomic E-state index is 0.00699. The first-order chi connectivity index (χ1) is 8.49. The van der Waals surface area contributed by atoms with Gasteiger partial charge in [-0.1, -0.05) is 0 Å². The number of amides is 1. The molecule has 0 aliphatic carbocycles. The Morgan fingerprint density at radius 3 is 2.67 bits per heavy atom. The van der Waals surface area contributed by atoms with Crippen molar-refractivity contribution in [3.8, 4) is 0 Å². The molecule has 1 amide bonds. The van der Waals surface area contributed by atoms with Gasteiger partial charge in [0, 0.05) is 37.1 Å². The average molecular weight is 248 g/mol. The number of nitrogens with zero attached hydrogens (tertiary/aromatic N) is 2. The van der Waals surface area contributed by atoms with E-state index in [2.05, 4.69) is 18.9 Å². The molecule has 0 saturated carbocycles. The molecule has 5 heteroatoms. The first kappa shape index (κ1) is 12.7. The lowest BCUT2D eigenvalue weighted by Gasteiger charge is -2.37. The third-order valence-electron chi connectivity index (χ3n) is 3.55. The Bertz CT molecular complexity index is 460. The van der Waals surface area contributed by atoms with Crippen LogP contribution in [-0.2, 0) is 0 Å². The predicted molar refractivity (Wildman–Crippen MR) is 73.3 cm³/mol. The van der Waals surface area contributed by atoms with E-state index in [0.29, 0.717) is 23.0 Å². The maximum Gasteiger partial charge on any atom is 0.256 e. The van der Waals surface area contributed by atoms with E-state index < -0.39 is 0 Å². The lowest BCUT2D eigenvalue weighted by molar-refractivity contribution is 0.0573. The van der Waals surface area contributed by atoms with Gasteiger partial charge in [0.15, 0.2) is 0 Å². The summed E-state index contributed by atoms with van der Waals surface area (Å²) in [6.07, 6.45) is 0. The monoisotopic (exact) mass is 248 g/mol. The summed E-state index contributed by atoms with van der Waals surface area (Å²) in [6, 6.07) is 5.42. The van der Waals surface area contributed by atoms with E-state index in [-0.39, 0.29) is 5.91 Å². The first-order valence-electron chi connectivity index (χ1n) is 6.13. The van der Waals surface area contributed by atoms with Crippen molar-refractivity contribution in [1.82, 2.24) is 9.80 Å². The van der Waals surface area contributed by atoms with Crippen molar-refractivity contribution < 1.29 is 4.79 Å². The summed E-state index contributed by atoms with van der Waals surface area (Å²) < 4.78 is 0. The molecule has 1 aromatic carbocycles. The highest BCUT2D eigenvalue weighted by atomic mass is 16.2. The summed E-state index contributed by atoms with van der Waals surface area (Å²) in [4.78, 5) is 16.5. The highest BCUT2D eigenvalue weighted by molar-refractivity contribution is 5.99. The summed E-state index contributed by atoms with van der Waals surface area (Å²) in [7, 11) is 2.07. The van der Waals surface area contributed by atoms with Crippen LogP contribution in [0.5, 0.6) is 0 Å². The second-order valence-electron chi connectivity index (χ2n) is 4.93. The number of likely N-dealkylation sites (N-methyl/N-ethyl adjacent to an activating group) is 1. The number of carbonyl (C=O) groups excluding carboxylic acids is 1. The smallest absolute Gasteiger partial charge is 0.256 e. The molecular weight excluding hydrogens is 228 g/mol. The Hall–Kier alpha value is -1.75. The van der Waals surface area contributed by atoms with E-state index >= 15 is 0 Å². The van der Waals surface area contributed by atoms with Gasteiger partial charge in [0.05, 0.1) is 5.56 Å². The van der Waals surface area contributed by atoms with Crippen LogP contribution in [0.1, 0.15) is 17.3 Å². The largest absolute Gasteiger partial charge is 0.399 e. The summed E-state index contributed by atoms with van der Waals surface area (Å²) in [5, 5.41) is 0. The number of rotatable bonds is 1. The molecule has 5 nitrogen and oxygen atoms in total. The van der Waals surface area contributed by atoms with E-state index in [1.165, 1.54) is 0 Å². The molecule has 1 aliphatic rings. The van der Waals surface area contributed by atoms with Crippen molar-refractivity contribution in [2.24, 2.45) is 0 Å². The zero-order valence-corrected chi connectivity index (χ0v) is 10.9. The van der Waals surface area contributed by atoms with Crippen LogP contribution in [0.2, 0.25) is 0 Å². The number of piperazine rings is 1. The van der Waals surface area contributed by atoms with Gasteiger partial charge in [-0.05, 0) is 32.2 Å². The van der Waals surface area contributed by atoms with Crippen molar-refractivity contribution in [1.29, 1.82) is 0 Å². The zero-order chi connectivity index (χ0) is 13.3. The average Bonchev–Trinajstić information content (AvgIpc) is 2.32. The lowest BCUT2D eigenvalue weighted by Crippen LogP contribution is -2.52. The van der Waals surface area contributed by atoms with E-state index in [1.807, 2.05) is 4.90 Å². The SMILES string of the molecule is CC1CN(C(=O)c2ccc(N)cc2N)CCN1C. The van der Waals surface area contributed by atoms with Gasteiger partial charge in [0.25, 0.3) is 5.91 Å². The number of hydrogen-bond acceptors (Lipinski definition) is 4. The van der Waals surface area contributed by atoms with Gasteiger partial charge in [-0.15, -0.1) is 0 Å². The summed E-state index contributed by atoms with van der Waals surface area (Å²) in [6.45, 7) is 4.48. The maximum absolute atomic E-state index is 12.4. The highest BCUT2D eigenvalue weighted by Crippen LogP contribution is 2.19. The van der Waals surface area contributed by atoms with Crippen LogP contribution in [0.3, 0.4) is 0 Å². The molecule has 4 N–H and O–H groups in total. The van der Waals surface area contributed by atoms with Gasteiger partial charge in [-0.3, -0.25) is 4.79 Å². The van der Waals surface area contributed by atoms with Gasteiger partial charge < -0.3 is 21.3 Å². The van der Waals surface area contributed by atoms with Gasteiger partial charge in [0.2, 0.25) is 0 Å². The topological polar surface area (TPSA) is 75.6 Å². The molecule has 1 heterocycles. The second-order valence-corrected chi connectivity index (χ2v) is 4.93.